The van der Waals surface area contributed by atoms with Crippen LogP contribution in [-0.2, 0) is 0 Å². The molecule has 0 unspecified atom stereocenters. The third-order valence-corrected chi connectivity index (χ3v) is 20.0. The van der Waals surface area contributed by atoms with Gasteiger partial charge in [0.15, 0.2) is 0 Å². The predicted octanol–water partition coefficient (Wildman–Crippen LogP) is 11.4. The molecular weight excluding hydrogens is 853 g/mol. The molecule has 4 nitrogen and oxygen atoms in total. The second-order valence-electron chi connectivity index (χ2n) is 17.2. The topological polar surface area (TPSA) is 30.5 Å². The van der Waals surface area contributed by atoms with Crippen molar-refractivity contribution in [3.8, 4) is 0 Å². The molecule has 0 aliphatic rings. The summed E-state index contributed by atoms with van der Waals surface area (Å²) in [5.41, 5.74) is 7.70. The van der Waals surface area contributed by atoms with Gasteiger partial charge in [-0.25, -0.2) is 10.9 Å². The smallest absolute Gasteiger partial charge is 0.0487 e. The van der Waals surface area contributed by atoms with E-state index in [9.17, 15) is 0 Å². The summed E-state index contributed by atoms with van der Waals surface area (Å²) in [7, 11) is -3.26. The van der Waals surface area contributed by atoms with Crippen LogP contribution in [0.15, 0.2) is 243 Å². The van der Waals surface area contributed by atoms with Crippen molar-refractivity contribution in [1.82, 2.24) is 20.0 Å². The lowest BCUT2D eigenvalue weighted by molar-refractivity contribution is 0.334. The van der Waals surface area contributed by atoms with Gasteiger partial charge in [0.1, 0.15) is 0 Å². The highest BCUT2D eigenvalue weighted by atomic mass is 31.2. The predicted molar refractivity (Wildman–Crippen MR) is 286 cm³/mol. The lowest BCUT2D eigenvalue weighted by Crippen LogP contribution is -2.49. The normalized spacial score (nSPS) is 11.9. The summed E-state index contributed by atoms with van der Waals surface area (Å²) in [6, 6.07) is 87.4. The number of hydrogen-bond acceptors (Lipinski definition) is 4. The molecule has 0 atom stereocenters. The van der Waals surface area contributed by atoms with E-state index in [1.165, 1.54) is 42.4 Å². The molecule has 0 heterocycles. The van der Waals surface area contributed by atoms with Gasteiger partial charge in [-0.1, -0.05) is 243 Å². The molecule has 0 amide bonds. The standard InChI is InChI=1S/2C28H30N2P2/c2*1-28(2,3)29-30(31(24-16-8-4-9-17-24)25-18-10-5-11-19-25)32(26-20-12-6-13-21-26)27-22-14-7-15-23-27/h2*4-23,29H,1-3H3. The summed E-state index contributed by atoms with van der Waals surface area (Å²) in [5.74, 6) is 0. The first kappa shape index (κ1) is 47.3. The van der Waals surface area contributed by atoms with Crippen LogP contribution in [0.4, 0.5) is 0 Å². The Kier molecular flexibility index (Phi) is 17.0. The summed E-state index contributed by atoms with van der Waals surface area (Å²) in [6.45, 7) is 13.5. The zero-order chi connectivity index (χ0) is 44.8. The van der Waals surface area contributed by atoms with Gasteiger partial charge < -0.3 is 0 Å². The maximum atomic E-state index is 3.94. The van der Waals surface area contributed by atoms with Gasteiger partial charge >= 0.3 is 0 Å². The molecule has 324 valence electrons. The Bertz CT molecular complexity index is 2020. The third-order valence-electron chi connectivity index (χ3n) is 9.63. The molecule has 8 heteroatoms. The first-order chi connectivity index (χ1) is 31.1. The van der Waals surface area contributed by atoms with Crippen LogP contribution in [0, 0.1) is 0 Å². The highest BCUT2D eigenvalue weighted by Gasteiger charge is 2.35. The van der Waals surface area contributed by atoms with Gasteiger partial charge in [0.2, 0.25) is 0 Å². The van der Waals surface area contributed by atoms with E-state index in [4.69, 9.17) is 0 Å². The highest BCUT2D eigenvalue weighted by molar-refractivity contribution is 7.85. The van der Waals surface area contributed by atoms with Crippen molar-refractivity contribution >= 4 is 74.7 Å². The largest absolute Gasteiger partial charge is 0.242 e. The van der Waals surface area contributed by atoms with Gasteiger partial charge in [0, 0.05) is 43.4 Å². The summed E-state index contributed by atoms with van der Waals surface area (Å²) >= 11 is 0. The molecule has 8 rings (SSSR count). The van der Waals surface area contributed by atoms with E-state index < -0.39 is 32.3 Å². The molecule has 0 radical (unpaired) electrons. The second kappa shape index (κ2) is 23.0. The van der Waals surface area contributed by atoms with Crippen LogP contribution in [0.1, 0.15) is 41.5 Å². The summed E-state index contributed by atoms with van der Waals surface area (Å²) in [4.78, 5) is 0. The minimum absolute atomic E-state index is 0.0890. The van der Waals surface area contributed by atoms with Crippen molar-refractivity contribution in [3.05, 3.63) is 243 Å². The van der Waals surface area contributed by atoms with Gasteiger partial charge in [-0.05, 0) is 84.0 Å². The quantitative estimate of drug-likeness (QED) is 0.0841. The molecule has 2 N–H and O–H groups in total. The van der Waals surface area contributed by atoms with Gasteiger partial charge in [-0.15, -0.1) is 0 Å². The van der Waals surface area contributed by atoms with E-state index >= 15 is 0 Å². The molecule has 0 aliphatic carbocycles. The summed E-state index contributed by atoms with van der Waals surface area (Å²) in [5, 5.41) is 10.7. The fourth-order valence-electron chi connectivity index (χ4n) is 7.00. The molecule has 8 aromatic carbocycles. The SMILES string of the molecule is CC(C)(C)NN(P(c1ccccc1)c1ccccc1)P(c1ccccc1)c1ccccc1.CC(C)(C)NN(P(c1ccccc1)c1ccccc1)P(c1ccccc1)c1ccccc1. The molecule has 64 heavy (non-hydrogen) atoms. The fraction of sp³-hybridized carbons (Fsp3) is 0.143. The van der Waals surface area contributed by atoms with Gasteiger partial charge in [-0.2, -0.15) is 9.10 Å². The van der Waals surface area contributed by atoms with E-state index in [2.05, 4.69) is 304 Å². The molecule has 0 saturated heterocycles. The van der Waals surface area contributed by atoms with Crippen molar-refractivity contribution in [2.24, 2.45) is 0 Å². The Balaban J connectivity index is 0.000000191. The Morgan fingerprint density at radius 3 is 0.469 bits per heavy atom. The minimum atomic E-state index is -0.814. The van der Waals surface area contributed by atoms with Crippen molar-refractivity contribution in [1.29, 1.82) is 0 Å². The van der Waals surface area contributed by atoms with E-state index in [1.54, 1.807) is 0 Å². The Morgan fingerprint density at radius 2 is 0.359 bits per heavy atom. The van der Waals surface area contributed by atoms with Gasteiger partial charge in [0.25, 0.3) is 0 Å². The minimum Gasteiger partial charge on any atom is -0.242 e. The van der Waals surface area contributed by atoms with E-state index in [0.29, 0.717) is 0 Å². The Morgan fingerprint density at radius 1 is 0.234 bits per heavy atom. The third kappa shape index (κ3) is 13.2. The maximum Gasteiger partial charge on any atom is 0.0487 e. The number of benzene rings is 8. The molecule has 0 fully saturated rings. The summed E-state index contributed by atoms with van der Waals surface area (Å²) < 4.78 is 5.14. The molecule has 8 aromatic rings. The van der Waals surface area contributed by atoms with Crippen LogP contribution >= 0.6 is 32.3 Å². The van der Waals surface area contributed by atoms with Crippen LogP contribution in [0.2, 0.25) is 0 Å². The molecule has 0 bridgehead atoms. The van der Waals surface area contributed by atoms with Crippen LogP contribution in [-0.4, -0.2) is 20.2 Å². The average molecular weight is 913 g/mol. The van der Waals surface area contributed by atoms with Crippen LogP contribution in [0.5, 0.6) is 0 Å². The molecule has 0 saturated carbocycles. The van der Waals surface area contributed by atoms with Crippen LogP contribution < -0.4 is 53.3 Å². The molecule has 0 spiro atoms. The van der Waals surface area contributed by atoms with Crippen LogP contribution in [0.25, 0.3) is 0 Å². The van der Waals surface area contributed by atoms with E-state index in [0.717, 1.165) is 0 Å². The maximum absolute atomic E-state index is 3.94. The molecular formula is C56H60N4P4. The van der Waals surface area contributed by atoms with Crippen molar-refractivity contribution in [2.75, 3.05) is 0 Å². The van der Waals surface area contributed by atoms with Crippen molar-refractivity contribution < 1.29 is 0 Å². The first-order valence-electron chi connectivity index (χ1n) is 21.8. The number of hydrazine groups is 2. The lowest BCUT2D eigenvalue weighted by Gasteiger charge is -2.42. The average Bonchev–Trinajstić information content (AvgIpc) is 3.31. The van der Waals surface area contributed by atoms with Crippen LogP contribution in [0.3, 0.4) is 0 Å². The zero-order valence-electron chi connectivity index (χ0n) is 37.8. The lowest BCUT2D eigenvalue weighted by atomic mass is 10.1. The molecule has 0 aromatic heterocycles. The number of rotatable bonds is 14. The van der Waals surface area contributed by atoms with Gasteiger partial charge in [0.05, 0.1) is 0 Å². The Labute approximate surface area is 388 Å². The van der Waals surface area contributed by atoms with Crippen molar-refractivity contribution in [2.45, 2.75) is 52.6 Å². The van der Waals surface area contributed by atoms with Crippen molar-refractivity contribution in [3.63, 3.8) is 0 Å². The molecule has 0 aliphatic heterocycles. The van der Waals surface area contributed by atoms with E-state index in [1.807, 2.05) is 0 Å². The summed E-state index contributed by atoms with van der Waals surface area (Å²) in [6.07, 6.45) is 0. The van der Waals surface area contributed by atoms with E-state index in [-0.39, 0.29) is 11.1 Å². The zero-order valence-corrected chi connectivity index (χ0v) is 41.4. The number of nitrogens with zero attached hydrogens (tertiary/aromatic N) is 2. The number of hydrogen-bond donors (Lipinski definition) is 2. The monoisotopic (exact) mass is 912 g/mol. The first-order valence-corrected chi connectivity index (χ1v) is 27.0. The Hall–Kier alpha value is -4.68. The second-order valence-corrected chi connectivity index (χ2v) is 26.1. The number of nitrogens with one attached hydrogen (secondary N) is 2. The fourth-order valence-corrected chi connectivity index (χ4v) is 19.1. The highest BCUT2D eigenvalue weighted by Crippen LogP contribution is 2.54. The van der Waals surface area contributed by atoms with Gasteiger partial charge in [-0.3, -0.25) is 0 Å².